The van der Waals surface area contributed by atoms with Gasteiger partial charge in [0, 0.05) is 0 Å². The van der Waals surface area contributed by atoms with Gasteiger partial charge in [-0.3, -0.25) is 9.10 Å². The lowest BCUT2D eigenvalue weighted by Crippen LogP contribution is -2.39. The van der Waals surface area contributed by atoms with Crippen LogP contribution in [0.5, 0.6) is 0 Å². The fourth-order valence-corrected chi connectivity index (χ4v) is 3.73. The zero-order valence-corrected chi connectivity index (χ0v) is 18.0. The average Bonchev–Trinajstić information content (AvgIpc) is 2.61. The van der Waals surface area contributed by atoms with Crippen molar-refractivity contribution in [3.63, 3.8) is 0 Å². The zero-order valence-electron chi connectivity index (χ0n) is 17.2. The van der Waals surface area contributed by atoms with Crippen molar-refractivity contribution in [2.24, 2.45) is 5.10 Å². The number of aryl methyl sites for hydroxylation is 3. The molecule has 2 aromatic carbocycles. The van der Waals surface area contributed by atoms with E-state index in [1.165, 1.54) is 11.1 Å². The number of sulfonamides is 1. The van der Waals surface area contributed by atoms with Crippen LogP contribution in [0.15, 0.2) is 35.4 Å². The lowest BCUT2D eigenvalue weighted by Gasteiger charge is -2.23. The molecule has 0 saturated carbocycles. The first kappa shape index (κ1) is 21.6. The number of hydrazone groups is 1. The second-order valence-corrected chi connectivity index (χ2v) is 8.98. The van der Waals surface area contributed by atoms with Crippen molar-refractivity contribution in [1.82, 2.24) is 5.43 Å². The summed E-state index contributed by atoms with van der Waals surface area (Å²) < 4.78 is 25.6. The average molecular weight is 402 g/mol. The van der Waals surface area contributed by atoms with Gasteiger partial charge in [0.25, 0.3) is 5.91 Å². The molecule has 0 spiro atoms. The molecule has 0 aromatic heterocycles. The smallest absolute Gasteiger partial charge is 0.260 e. The topological polar surface area (TPSA) is 78.8 Å². The molecule has 6 nitrogen and oxygen atoms in total. The van der Waals surface area contributed by atoms with Crippen molar-refractivity contribution in [3.05, 3.63) is 63.7 Å². The number of carbonyl (C=O) groups excluding carboxylic acids is 1. The minimum absolute atomic E-state index is 0.341. The summed E-state index contributed by atoms with van der Waals surface area (Å²) in [6, 6.07) is 9.42. The Kier molecular flexibility index (Phi) is 6.61. The summed E-state index contributed by atoms with van der Waals surface area (Å²) in [6.07, 6.45) is 2.66. The van der Waals surface area contributed by atoms with Gasteiger partial charge in [-0.1, -0.05) is 24.3 Å². The van der Waals surface area contributed by atoms with Crippen LogP contribution >= 0.6 is 0 Å². The molecule has 7 heteroatoms. The van der Waals surface area contributed by atoms with Gasteiger partial charge < -0.3 is 0 Å². The minimum atomic E-state index is -3.63. The highest BCUT2D eigenvalue weighted by atomic mass is 32.2. The second-order valence-electron chi connectivity index (χ2n) is 7.07. The first-order valence-corrected chi connectivity index (χ1v) is 10.8. The molecular weight excluding hydrogens is 374 g/mol. The van der Waals surface area contributed by atoms with E-state index >= 15 is 0 Å². The fraction of sp³-hybridized carbons (Fsp3) is 0.333. The lowest BCUT2D eigenvalue weighted by atomic mass is 10.00. The van der Waals surface area contributed by atoms with Gasteiger partial charge in [0.15, 0.2) is 0 Å². The molecule has 0 heterocycles. The third-order valence-electron chi connectivity index (χ3n) is 4.81. The summed E-state index contributed by atoms with van der Waals surface area (Å²) in [4.78, 5) is 12.3. The SMILES string of the molecule is Cc1ccc(C)c(N(CC(=O)N/N=C\c2ccc(C)c(C)c2C)S(C)(=O)=O)c1. The number of benzene rings is 2. The van der Waals surface area contributed by atoms with Gasteiger partial charge in [-0.2, -0.15) is 5.10 Å². The highest BCUT2D eigenvalue weighted by Gasteiger charge is 2.22. The second kappa shape index (κ2) is 8.56. The van der Waals surface area contributed by atoms with Crippen molar-refractivity contribution >= 4 is 27.8 Å². The molecular formula is C21H27N3O3S. The van der Waals surface area contributed by atoms with Crippen molar-refractivity contribution in [2.45, 2.75) is 34.6 Å². The van der Waals surface area contributed by atoms with Gasteiger partial charge >= 0.3 is 0 Å². The number of carbonyl (C=O) groups is 1. The van der Waals surface area contributed by atoms with Crippen LogP contribution in [0.1, 0.15) is 33.4 Å². The maximum Gasteiger partial charge on any atom is 0.260 e. The van der Waals surface area contributed by atoms with Crippen molar-refractivity contribution in [2.75, 3.05) is 17.1 Å². The van der Waals surface area contributed by atoms with E-state index < -0.39 is 15.9 Å². The van der Waals surface area contributed by atoms with Crippen LogP contribution in [0.3, 0.4) is 0 Å². The van der Waals surface area contributed by atoms with E-state index in [9.17, 15) is 13.2 Å². The molecule has 0 bridgehead atoms. The normalized spacial score (nSPS) is 11.6. The third kappa shape index (κ3) is 5.19. The summed E-state index contributed by atoms with van der Waals surface area (Å²) in [7, 11) is -3.63. The molecule has 0 unspecified atom stereocenters. The predicted octanol–water partition coefficient (Wildman–Crippen LogP) is 3.15. The van der Waals surface area contributed by atoms with E-state index in [2.05, 4.69) is 10.5 Å². The van der Waals surface area contributed by atoms with Gasteiger partial charge in [0.2, 0.25) is 10.0 Å². The maximum absolute atomic E-state index is 12.3. The van der Waals surface area contributed by atoms with E-state index in [0.29, 0.717) is 5.69 Å². The quantitative estimate of drug-likeness (QED) is 0.597. The van der Waals surface area contributed by atoms with E-state index in [0.717, 1.165) is 32.8 Å². The van der Waals surface area contributed by atoms with Crippen LogP contribution in [-0.2, 0) is 14.8 Å². The van der Waals surface area contributed by atoms with Crippen LogP contribution in [0.25, 0.3) is 0 Å². The van der Waals surface area contributed by atoms with E-state index in [-0.39, 0.29) is 6.54 Å². The maximum atomic E-state index is 12.3. The number of nitrogens with one attached hydrogen (secondary N) is 1. The van der Waals surface area contributed by atoms with Crippen molar-refractivity contribution < 1.29 is 13.2 Å². The minimum Gasteiger partial charge on any atom is -0.271 e. The number of anilines is 1. The highest BCUT2D eigenvalue weighted by molar-refractivity contribution is 7.92. The summed E-state index contributed by atoms with van der Waals surface area (Å²) in [5.74, 6) is -0.510. The molecule has 0 aliphatic heterocycles. The number of rotatable bonds is 6. The van der Waals surface area contributed by atoms with Crippen LogP contribution in [0, 0.1) is 34.6 Å². The van der Waals surface area contributed by atoms with Gasteiger partial charge in [-0.15, -0.1) is 0 Å². The molecule has 1 amide bonds. The summed E-state index contributed by atoms with van der Waals surface area (Å²) in [5.41, 5.74) is 8.96. The Morgan fingerprint density at radius 3 is 2.32 bits per heavy atom. The Balaban J connectivity index is 2.17. The summed E-state index contributed by atoms with van der Waals surface area (Å²) in [6.45, 7) is 9.42. The van der Waals surface area contributed by atoms with Gasteiger partial charge in [0.05, 0.1) is 18.2 Å². The summed E-state index contributed by atoms with van der Waals surface area (Å²) >= 11 is 0. The molecule has 2 aromatic rings. The first-order valence-electron chi connectivity index (χ1n) is 8.94. The molecule has 0 radical (unpaired) electrons. The first-order chi connectivity index (χ1) is 13.0. The zero-order chi connectivity index (χ0) is 21.1. The van der Waals surface area contributed by atoms with Gasteiger partial charge in [0.1, 0.15) is 6.54 Å². The van der Waals surface area contributed by atoms with Crippen LogP contribution in [-0.4, -0.2) is 33.3 Å². The Morgan fingerprint density at radius 2 is 1.68 bits per heavy atom. The molecule has 150 valence electrons. The number of nitrogens with zero attached hydrogens (tertiary/aromatic N) is 2. The van der Waals surface area contributed by atoms with Gasteiger partial charge in [-0.25, -0.2) is 13.8 Å². The molecule has 0 fully saturated rings. The van der Waals surface area contributed by atoms with Crippen LogP contribution in [0.2, 0.25) is 0 Å². The molecule has 0 aliphatic rings. The van der Waals surface area contributed by atoms with E-state index in [1.807, 2.05) is 58.9 Å². The van der Waals surface area contributed by atoms with Crippen LogP contribution in [0.4, 0.5) is 5.69 Å². The van der Waals surface area contributed by atoms with E-state index in [1.54, 1.807) is 12.3 Å². The monoisotopic (exact) mass is 401 g/mol. The Hall–Kier alpha value is -2.67. The summed E-state index contributed by atoms with van der Waals surface area (Å²) in [5, 5.41) is 4.00. The number of hydrogen-bond donors (Lipinski definition) is 1. The largest absolute Gasteiger partial charge is 0.271 e. The predicted molar refractivity (Wildman–Crippen MR) is 114 cm³/mol. The molecule has 0 aliphatic carbocycles. The lowest BCUT2D eigenvalue weighted by molar-refractivity contribution is -0.119. The van der Waals surface area contributed by atoms with Gasteiger partial charge in [-0.05, 0) is 74.1 Å². The molecule has 0 atom stereocenters. The Bertz CT molecular complexity index is 1030. The standard InChI is InChI=1S/C21H27N3O3S/c1-14-7-8-16(3)20(11-14)24(28(6,26)27)13-21(25)23-22-12-19-10-9-15(2)17(4)18(19)5/h7-12H,13H2,1-6H3,(H,23,25)/b22-12-. The number of hydrogen-bond acceptors (Lipinski definition) is 4. The highest BCUT2D eigenvalue weighted by Crippen LogP contribution is 2.23. The molecule has 2 rings (SSSR count). The fourth-order valence-electron chi connectivity index (χ4n) is 2.83. The molecule has 28 heavy (non-hydrogen) atoms. The van der Waals surface area contributed by atoms with Crippen molar-refractivity contribution in [1.29, 1.82) is 0 Å². The van der Waals surface area contributed by atoms with E-state index in [4.69, 9.17) is 0 Å². The van der Waals surface area contributed by atoms with Crippen LogP contribution < -0.4 is 9.73 Å². The molecule has 1 N–H and O–H groups in total. The van der Waals surface area contributed by atoms with Crippen molar-refractivity contribution in [3.8, 4) is 0 Å². The Labute approximate surface area is 167 Å². The number of amides is 1. The third-order valence-corrected chi connectivity index (χ3v) is 5.94. The molecule has 0 saturated heterocycles. The Morgan fingerprint density at radius 1 is 1.04 bits per heavy atom.